The van der Waals surface area contributed by atoms with E-state index in [1.165, 1.54) is 14.2 Å². The Labute approximate surface area is 96.3 Å². The third kappa shape index (κ3) is 2.61. The summed E-state index contributed by atoms with van der Waals surface area (Å²) in [5, 5.41) is 0. The number of methoxy groups -OCH3 is 3. The highest BCUT2D eigenvalue weighted by Crippen LogP contribution is 2.36. The molecule has 1 aromatic rings. The van der Waals surface area contributed by atoms with Crippen LogP contribution in [0.3, 0.4) is 0 Å². The molecule has 0 aliphatic rings. The van der Waals surface area contributed by atoms with Gasteiger partial charge in [-0.1, -0.05) is 0 Å². The third-order valence-electron chi connectivity index (χ3n) is 2.00. The first-order valence-corrected chi connectivity index (χ1v) is 4.54. The van der Waals surface area contributed by atoms with Gasteiger partial charge in [-0.3, -0.25) is 0 Å². The van der Waals surface area contributed by atoms with Gasteiger partial charge in [0.1, 0.15) is 0 Å². The number of esters is 1. The monoisotopic (exact) mass is 247 g/mol. The van der Waals surface area contributed by atoms with Crippen molar-refractivity contribution < 1.29 is 27.8 Å². The lowest BCUT2D eigenvalue weighted by atomic mass is 10.2. The van der Waals surface area contributed by atoms with Crippen molar-refractivity contribution in [3.8, 4) is 11.6 Å². The minimum atomic E-state index is -2.81. The second kappa shape index (κ2) is 5.42. The lowest BCUT2D eigenvalue weighted by Crippen LogP contribution is -2.08. The molecule has 0 unspecified atom stereocenters. The molecular weight excluding hydrogens is 236 g/mol. The Morgan fingerprint density at radius 3 is 2.35 bits per heavy atom. The van der Waals surface area contributed by atoms with Gasteiger partial charge < -0.3 is 14.2 Å². The molecule has 0 bridgehead atoms. The van der Waals surface area contributed by atoms with Crippen LogP contribution in [0.5, 0.6) is 11.6 Å². The first-order valence-electron chi connectivity index (χ1n) is 4.54. The molecule has 17 heavy (non-hydrogen) atoms. The van der Waals surface area contributed by atoms with Gasteiger partial charge in [-0.15, -0.1) is 0 Å². The van der Waals surface area contributed by atoms with Crippen LogP contribution in [-0.4, -0.2) is 32.3 Å². The maximum atomic E-state index is 12.8. The highest BCUT2D eigenvalue weighted by molar-refractivity contribution is 5.87. The summed E-state index contributed by atoms with van der Waals surface area (Å²) < 4.78 is 39.5. The molecule has 0 radical (unpaired) electrons. The fourth-order valence-electron chi connectivity index (χ4n) is 1.24. The first kappa shape index (κ1) is 13.1. The number of ether oxygens (including phenoxy) is 3. The standard InChI is InChI=1S/C10H11F2NO4/c1-15-7-5(8(11)12)4-6(10(14)17-3)13-9(7)16-2/h4,8H,1-3H3. The number of rotatable bonds is 4. The molecule has 7 heteroatoms. The Kier molecular flexibility index (Phi) is 4.19. The van der Waals surface area contributed by atoms with Crippen LogP contribution in [0.15, 0.2) is 6.07 Å². The van der Waals surface area contributed by atoms with Gasteiger partial charge >= 0.3 is 5.97 Å². The summed E-state index contributed by atoms with van der Waals surface area (Å²) in [5.74, 6) is -1.21. The van der Waals surface area contributed by atoms with Gasteiger partial charge in [0, 0.05) is 0 Å². The van der Waals surface area contributed by atoms with Crippen molar-refractivity contribution in [1.82, 2.24) is 4.98 Å². The van der Waals surface area contributed by atoms with E-state index in [0.717, 1.165) is 13.2 Å². The Morgan fingerprint density at radius 1 is 1.29 bits per heavy atom. The molecule has 94 valence electrons. The highest BCUT2D eigenvalue weighted by atomic mass is 19.3. The predicted octanol–water partition coefficient (Wildman–Crippen LogP) is 1.82. The van der Waals surface area contributed by atoms with E-state index in [9.17, 15) is 13.6 Å². The third-order valence-corrected chi connectivity index (χ3v) is 2.00. The van der Waals surface area contributed by atoms with Crippen molar-refractivity contribution in [1.29, 1.82) is 0 Å². The van der Waals surface area contributed by atoms with E-state index >= 15 is 0 Å². The van der Waals surface area contributed by atoms with E-state index < -0.39 is 18.0 Å². The van der Waals surface area contributed by atoms with Crippen molar-refractivity contribution in [3.05, 3.63) is 17.3 Å². The van der Waals surface area contributed by atoms with Crippen LogP contribution in [0.1, 0.15) is 22.5 Å². The SMILES string of the molecule is COC(=O)c1cc(C(F)F)c(OC)c(OC)n1. The summed E-state index contributed by atoms with van der Waals surface area (Å²) in [4.78, 5) is 15.0. The molecule has 0 aliphatic carbocycles. The maximum Gasteiger partial charge on any atom is 0.356 e. The van der Waals surface area contributed by atoms with Crippen LogP contribution in [0.2, 0.25) is 0 Å². The van der Waals surface area contributed by atoms with Gasteiger partial charge in [0.25, 0.3) is 12.3 Å². The number of nitrogens with zero attached hydrogens (tertiary/aromatic N) is 1. The van der Waals surface area contributed by atoms with Crippen LogP contribution < -0.4 is 9.47 Å². The topological polar surface area (TPSA) is 57.7 Å². The van der Waals surface area contributed by atoms with Gasteiger partial charge in [0.05, 0.1) is 26.9 Å². The van der Waals surface area contributed by atoms with Crippen molar-refractivity contribution >= 4 is 5.97 Å². The minimum absolute atomic E-state index is 0.189. The van der Waals surface area contributed by atoms with Crippen molar-refractivity contribution in [2.75, 3.05) is 21.3 Å². The number of hydrogen-bond donors (Lipinski definition) is 0. The lowest BCUT2D eigenvalue weighted by molar-refractivity contribution is 0.0592. The molecule has 1 rings (SSSR count). The highest BCUT2D eigenvalue weighted by Gasteiger charge is 2.23. The van der Waals surface area contributed by atoms with Gasteiger partial charge in [-0.25, -0.2) is 18.6 Å². The Hall–Kier alpha value is -1.92. The fraction of sp³-hybridized carbons (Fsp3) is 0.400. The Morgan fingerprint density at radius 2 is 1.94 bits per heavy atom. The summed E-state index contributed by atoms with van der Waals surface area (Å²) in [6, 6.07) is 0.915. The molecule has 0 fully saturated rings. The van der Waals surface area contributed by atoms with Crippen LogP contribution in [0.25, 0.3) is 0 Å². The zero-order valence-corrected chi connectivity index (χ0v) is 9.49. The molecule has 1 heterocycles. The second-order valence-corrected chi connectivity index (χ2v) is 2.93. The van der Waals surface area contributed by atoms with Crippen molar-refractivity contribution in [2.45, 2.75) is 6.43 Å². The molecule has 0 saturated heterocycles. The molecular formula is C10H11F2NO4. The number of aromatic nitrogens is 1. The molecule has 0 spiro atoms. The normalized spacial score (nSPS) is 10.2. The predicted molar refractivity (Wildman–Crippen MR) is 53.6 cm³/mol. The quantitative estimate of drug-likeness (QED) is 0.759. The maximum absolute atomic E-state index is 12.8. The molecule has 1 aromatic heterocycles. The van der Waals surface area contributed by atoms with Crippen LogP contribution in [0, 0.1) is 0 Å². The molecule has 0 saturated carbocycles. The van der Waals surface area contributed by atoms with Gasteiger partial charge in [-0.05, 0) is 6.07 Å². The van der Waals surface area contributed by atoms with Gasteiger partial charge in [-0.2, -0.15) is 0 Å². The average Bonchev–Trinajstić information content (AvgIpc) is 2.35. The second-order valence-electron chi connectivity index (χ2n) is 2.93. The first-order chi connectivity index (χ1) is 8.04. The number of pyridine rings is 1. The zero-order valence-electron chi connectivity index (χ0n) is 9.49. The average molecular weight is 247 g/mol. The lowest BCUT2D eigenvalue weighted by Gasteiger charge is -2.12. The molecule has 0 aliphatic heterocycles. The molecule has 0 amide bonds. The summed E-state index contributed by atoms with van der Waals surface area (Å²) in [7, 11) is 3.58. The number of halogens is 2. The Balaban J connectivity index is 3.40. The van der Waals surface area contributed by atoms with Gasteiger partial charge in [0.2, 0.25) is 0 Å². The van der Waals surface area contributed by atoms with E-state index in [1.807, 2.05) is 0 Å². The summed E-state index contributed by atoms with van der Waals surface area (Å²) >= 11 is 0. The minimum Gasteiger partial charge on any atom is -0.491 e. The van der Waals surface area contributed by atoms with E-state index in [2.05, 4.69) is 9.72 Å². The van der Waals surface area contributed by atoms with E-state index in [0.29, 0.717) is 0 Å². The molecule has 0 atom stereocenters. The van der Waals surface area contributed by atoms with Gasteiger partial charge in [0.15, 0.2) is 11.4 Å². The van der Waals surface area contributed by atoms with Crippen molar-refractivity contribution in [3.63, 3.8) is 0 Å². The van der Waals surface area contributed by atoms with Crippen LogP contribution in [0.4, 0.5) is 8.78 Å². The zero-order chi connectivity index (χ0) is 13.0. The molecule has 0 N–H and O–H groups in total. The summed E-state index contributed by atoms with van der Waals surface area (Å²) in [6.45, 7) is 0. The smallest absolute Gasteiger partial charge is 0.356 e. The van der Waals surface area contributed by atoms with E-state index in [1.54, 1.807) is 0 Å². The largest absolute Gasteiger partial charge is 0.491 e. The number of hydrogen-bond acceptors (Lipinski definition) is 5. The molecule has 0 aromatic carbocycles. The summed E-state index contributed by atoms with van der Waals surface area (Å²) in [6.07, 6.45) is -2.81. The van der Waals surface area contributed by atoms with Crippen LogP contribution in [-0.2, 0) is 4.74 Å². The number of carbonyl (C=O) groups excluding carboxylic acids is 1. The fourth-order valence-corrected chi connectivity index (χ4v) is 1.24. The van der Waals surface area contributed by atoms with Crippen LogP contribution >= 0.6 is 0 Å². The van der Waals surface area contributed by atoms with Crippen molar-refractivity contribution in [2.24, 2.45) is 0 Å². The summed E-state index contributed by atoms with van der Waals surface area (Å²) in [5.41, 5.74) is -0.736. The van der Waals surface area contributed by atoms with E-state index in [4.69, 9.17) is 9.47 Å². The molecule has 5 nitrogen and oxygen atoms in total. The van der Waals surface area contributed by atoms with E-state index in [-0.39, 0.29) is 17.3 Å². The Bertz CT molecular complexity index is 423. The number of alkyl halides is 2. The number of carbonyl (C=O) groups is 1.